The highest BCUT2D eigenvalue weighted by Crippen LogP contribution is 2.21. The predicted molar refractivity (Wildman–Crippen MR) is 80.9 cm³/mol. The predicted octanol–water partition coefficient (Wildman–Crippen LogP) is 4.43. The molecule has 0 heterocycles. The van der Waals surface area contributed by atoms with Gasteiger partial charge in [0.25, 0.3) is 0 Å². The number of hydrogen-bond acceptors (Lipinski definition) is 2. The highest BCUT2D eigenvalue weighted by Gasteiger charge is 2.05. The van der Waals surface area contributed by atoms with E-state index in [0.717, 1.165) is 17.9 Å². The average Bonchev–Trinajstić information content (AvgIpc) is 2.48. The number of benzene rings is 2. The van der Waals surface area contributed by atoms with Crippen molar-refractivity contribution in [2.75, 3.05) is 12.4 Å². The highest BCUT2D eigenvalue weighted by molar-refractivity contribution is 5.47. The maximum absolute atomic E-state index is 5.17. The van der Waals surface area contributed by atoms with Gasteiger partial charge in [0.2, 0.25) is 0 Å². The lowest BCUT2D eigenvalue weighted by atomic mass is 10.1. The summed E-state index contributed by atoms with van der Waals surface area (Å²) in [5, 5.41) is 3.51. The third kappa shape index (κ3) is 3.50. The molecule has 0 bridgehead atoms. The van der Waals surface area contributed by atoms with E-state index in [4.69, 9.17) is 4.74 Å². The number of anilines is 1. The van der Waals surface area contributed by atoms with Crippen LogP contribution in [0.4, 0.5) is 5.69 Å². The fraction of sp³-hybridized carbons (Fsp3) is 0.294. The Morgan fingerprint density at radius 3 is 2.16 bits per heavy atom. The van der Waals surface area contributed by atoms with Gasteiger partial charge in [0.05, 0.1) is 7.11 Å². The lowest BCUT2D eigenvalue weighted by molar-refractivity contribution is 0.414. The van der Waals surface area contributed by atoms with Gasteiger partial charge in [-0.1, -0.05) is 31.2 Å². The topological polar surface area (TPSA) is 21.3 Å². The fourth-order valence-electron chi connectivity index (χ4n) is 2.06. The molecule has 0 saturated carbocycles. The molecule has 2 aromatic rings. The Balaban J connectivity index is 2.04. The molecule has 0 aliphatic rings. The zero-order valence-electron chi connectivity index (χ0n) is 11.8. The molecule has 2 heteroatoms. The van der Waals surface area contributed by atoms with Gasteiger partial charge in [-0.05, 0) is 48.7 Å². The van der Waals surface area contributed by atoms with Gasteiger partial charge in [0.1, 0.15) is 5.75 Å². The summed E-state index contributed by atoms with van der Waals surface area (Å²) in [4.78, 5) is 0. The summed E-state index contributed by atoms with van der Waals surface area (Å²) in [6, 6.07) is 17.1. The SMILES string of the molecule is CCc1ccc(NC(C)c2ccc(OC)cc2)cc1. The lowest BCUT2D eigenvalue weighted by Crippen LogP contribution is -2.06. The summed E-state index contributed by atoms with van der Waals surface area (Å²) in [5.74, 6) is 0.892. The van der Waals surface area contributed by atoms with E-state index in [1.807, 2.05) is 12.1 Å². The first-order valence-electron chi connectivity index (χ1n) is 6.72. The molecule has 19 heavy (non-hydrogen) atoms. The summed E-state index contributed by atoms with van der Waals surface area (Å²) in [6.45, 7) is 4.33. The van der Waals surface area contributed by atoms with Crippen molar-refractivity contribution in [2.45, 2.75) is 26.3 Å². The third-order valence-corrected chi connectivity index (χ3v) is 3.36. The zero-order chi connectivity index (χ0) is 13.7. The van der Waals surface area contributed by atoms with Crippen molar-refractivity contribution in [3.63, 3.8) is 0 Å². The van der Waals surface area contributed by atoms with Crippen molar-refractivity contribution >= 4 is 5.69 Å². The Morgan fingerprint density at radius 1 is 1.00 bits per heavy atom. The zero-order valence-corrected chi connectivity index (χ0v) is 11.8. The van der Waals surface area contributed by atoms with E-state index in [1.54, 1.807) is 7.11 Å². The van der Waals surface area contributed by atoms with Crippen LogP contribution in [0.1, 0.15) is 31.0 Å². The normalized spacial score (nSPS) is 11.9. The van der Waals surface area contributed by atoms with E-state index < -0.39 is 0 Å². The molecular weight excluding hydrogens is 234 g/mol. The second kappa shape index (κ2) is 6.28. The van der Waals surface area contributed by atoms with Crippen LogP contribution in [0.2, 0.25) is 0 Å². The van der Waals surface area contributed by atoms with Crippen LogP contribution < -0.4 is 10.1 Å². The van der Waals surface area contributed by atoms with Crippen LogP contribution in [-0.2, 0) is 6.42 Å². The molecule has 0 aromatic heterocycles. The third-order valence-electron chi connectivity index (χ3n) is 3.36. The van der Waals surface area contributed by atoms with E-state index in [0.29, 0.717) is 0 Å². The van der Waals surface area contributed by atoms with Crippen LogP contribution in [0.5, 0.6) is 5.75 Å². The molecule has 1 atom stereocenters. The minimum absolute atomic E-state index is 0.276. The molecule has 0 saturated heterocycles. The van der Waals surface area contributed by atoms with Crippen molar-refractivity contribution in [1.29, 1.82) is 0 Å². The summed E-state index contributed by atoms with van der Waals surface area (Å²) < 4.78 is 5.17. The molecule has 0 fully saturated rings. The number of ether oxygens (including phenoxy) is 1. The molecule has 0 spiro atoms. The van der Waals surface area contributed by atoms with Gasteiger partial charge in [-0.3, -0.25) is 0 Å². The van der Waals surface area contributed by atoms with E-state index >= 15 is 0 Å². The number of nitrogens with one attached hydrogen (secondary N) is 1. The molecule has 2 nitrogen and oxygen atoms in total. The maximum Gasteiger partial charge on any atom is 0.118 e. The molecule has 0 aliphatic carbocycles. The number of aryl methyl sites for hydroxylation is 1. The van der Waals surface area contributed by atoms with Gasteiger partial charge < -0.3 is 10.1 Å². The first-order chi connectivity index (χ1) is 9.22. The van der Waals surface area contributed by atoms with Crippen LogP contribution in [0, 0.1) is 0 Å². The number of methoxy groups -OCH3 is 1. The molecule has 2 aromatic carbocycles. The highest BCUT2D eigenvalue weighted by atomic mass is 16.5. The van der Waals surface area contributed by atoms with Gasteiger partial charge in [-0.2, -0.15) is 0 Å². The van der Waals surface area contributed by atoms with Crippen LogP contribution in [-0.4, -0.2) is 7.11 Å². The van der Waals surface area contributed by atoms with E-state index in [1.165, 1.54) is 11.1 Å². The molecule has 1 N–H and O–H groups in total. The van der Waals surface area contributed by atoms with Gasteiger partial charge in [-0.15, -0.1) is 0 Å². The van der Waals surface area contributed by atoms with Gasteiger partial charge >= 0.3 is 0 Å². The Morgan fingerprint density at radius 2 is 1.63 bits per heavy atom. The Labute approximate surface area is 115 Å². The molecule has 0 amide bonds. The quantitative estimate of drug-likeness (QED) is 0.853. The Kier molecular flexibility index (Phi) is 4.45. The van der Waals surface area contributed by atoms with Crippen LogP contribution in [0.3, 0.4) is 0 Å². The summed E-state index contributed by atoms with van der Waals surface area (Å²) in [6.07, 6.45) is 1.08. The molecule has 0 aliphatic heterocycles. The van der Waals surface area contributed by atoms with Crippen molar-refractivity contribution in [3.05, 3.63) is 59.7 Å². The summed E-state index contributed by atoms with van der Waals surface area (Å²) in [7, 11) is 1.69. The monoisotopic (exact) mass is 255 g/mol. The second-order valence-corrected chi connectivity index (χ2v) is 4.69. The standard InChI is InChI=1S/C17H21NO/c1-4-14-5-9-16(10-6-14)18-13(2)15-7-11-17(19-3)12-8-15/h5-13,18H,4H2,1-3H3. The minimum atomic E-state index is 0.276. The second-order valence-electron chi connectivity index (χ2n) is 4.69. The minimum Gasteiger partial charge on any atom is -0.497 e. The molecular formula is C17H21NO. The lowest BCUT2D eigenvalue weighted by Gasteiger charge is -2.16. The maximum atomic E-state index is 5.17. The first-order valence-corrected chi connectivity index (χ1v) is 6.72. The fourth-order valence-corrected chi connectivity index (χ4v) is 2.06. The summed E-state index contributed by atoms with van der Waals surface area (Å²) in [5.41, 5.74) is 3.77. The van der Waals surface area contributed by atoms with E-state index in [-0.39, 0.29) is 6.04 Å². The van der Waals surface area contributed by atoms with Crippen molar-refractivity contribution in [3.8, 4) is 5.75 Å². The van der Waals surface area contributed by atoms with E-state index in [2.05, 4.69) is 55.6 Å². The molecule has 100 valence electrons. The smallest absolute Gasteiger partial charge is 0.118 e. The molecule has 2 rings (SSSR count). The average molecular weight is 255 g/mol. The van der Waals surface area contributed by atoms with Crippen molar-refractivity contribution in [2.24, 2.45) is 0 Å². The van der Waals surface area contributed by atoms with Crippen LogP contribution in [0.25, 0.3) is 0 Å². The largest absolute Gasteiger partial charge is 0.497 e. The number of hydrogen-bond donors (Lipinski definition) is 1. The van der Waals surface area contributed by atoms with Crippen molar-refractivity contribution in [1.82, 2.24) is 0 Å². The first kappa shape index (κ1) is 13.5. The summed E-state index contributed by atoms with van der Waals surface area (Å²) >= 11 is 0. The van der Waals surface area contributed by atoms with Gasteiger partial charge in [0, 0.05) is 11.7 Å². The van der Waals surface area contributed by atoms with E-state index in [9.17, 15) is 0 Å². The number of rotatable bonds is 5. The van der Waals surface area contributed by atoms with Gasteiger partial charge in [-0.25, -0.2) is 0 Å². The molecule has 1 unspecified atom stereocenters. The Hall–Kier alpha value is -1.96. The molecule has 0 radical (unpaired) electrons. The van der Waals surface area contributed by atoms with Crippen LogP contribution in [0.15, 0.2) is 48.5 Å². The van der Waals surface area contributed by atoms with Gasteiger partial charge in [0.15, 0.2) is 0 Å². The van der Waals surface area contributed by atoms with Crippen LogP contribution >= 0.6 is 0 Å². The van der Waals surface area contributed by atoms with Crippen molar-refractivity contribution < 1.29 is 4.74 Å². The Bertz CT molecular complexity index is 502.